The van der Waals surface area contributed by atoms with Crippen LogP contribution in [0.15, 0.2) is 12.7 Å². The molecule has 0 saturated carbocycles. The molecule has 1 unspecified atom stereocenters. The number of rotatable bonds is 6. The number of hydrogen-bond donors (Lipinski definition) is 0. The maximum absolute atomic E-state index is 12.5. The SMILES string of the molecule is C=CCN(C(=O)OC(C)(C)C)C(CN1CCCC1)C(C)C. The van der Waals surface area contributed by atoms with E-state index in [9.17, 15) is 4.79 Å². The molecule has 4 heteroatoms. The Balaban J connectivity index is 2.80. The minimum absolute atomic E-state index is 0.163. The van der Waals surface area contributed by atoms with Crippen LogP contribution in [0, 0.1) is 5.92 Å². The van der Waals surface area contributed by atoms with E-state index in [1.54, 1.807) is 6.08 Å². The van der Waals surface area contributed by atoms with Crippen LogP contribution in [0.25, 0.3) is 0 Å². The van der Waals surface area contributed by atoms with Gasteiger partial charge in [-0.15, -0.1) is 6.58 Å². The van der Waals surface area contributed by atoms with Crippen molar-refractivity contribution in [2.24, 2.45) is 5.92 Å². The van der Waals surface area contributed by atoms with Crippen LogP contribution in [-0.4, -0.2) is 53.7 Å². The molecule has 1 amide bonds. The second-order valence-electron chi connectivity index (χ2n) is 7.24. The van der Waals surface area contributed by atoms with Crippen LogP contribution in [0.4, 0.5) is 4.79 Å². The van der Waals surface area contributed by atoms with Crippen LogP contribution in [0.2, 0.25) is 0 Å². The zero-order valence-electron chi connectivity index (χ0n) is 14.4. The van der Waals surface area contributed by atoms with Gasteiger partial charge in [-0.2, -0.15) is 0 Å². The van der Waals surface area contributed by atoms with Gasteiger partial charge in [0.25, 0.3) is 0 Å². The van der Waals surface area contributed by atoms with Gasteiger partial charge in [-0.3, -0.25) is 4.90 Å². The van der Waals surface area contributed by atoms with E-state index < -0.39 is 5.60 Å². The van der Waals surface area contributed by atoms with Crippen molar-refractivity contribution in [2.45, 2.75) is 59.1 Å². The summed E-state index contributed by atoms with van der Waals surface area (Å²) in [6.07, 6.45) is 4.07. The van der Waals surface area contributed by atoms with Gasteiger partial charge < -0.3 is 9.64 Å². The van der Waals surface area contributed by atoms with Crippen LogP contribution in [0.1, 0.15) is 47.5 Å². The van der Waals surface area contributed by atoms with Crippen molar-refractivity contribution in [3.63, 3.8) is 0 Å². The van der Waals surface area contributed by atoms with Crippen LogP contribution < -0.4 is 0 Å². The van der Waals surface area contributed by atoms with E-state index in [0.717, 1.165) is 19.6 Å². The Hall–Kier alpha value is -1.03. The smallest absolute Gasteiger partial charge is 0.410 e. The third-order valence-electron chi connectivity index (χ3n) is 3.77. The maximum Gasteiger partial charge on any atom is 0.410 e. The minimum atomic E-state index is -0.467. The minimum Gasteiger partial charge on any atom is -0.444 e. The Morgan fingerprint density at radius 1 is 1.33 bits per heavy atom. The number of hydrogen-bond acceptors (Lipinski definition) is 3. The predicted molar refractivity (Wildman–Crippen MR) is 87.4 cm³/mol. The topological polar surface area (TPSA) is 32.8 Å². The molecule has 1 aliphatic heterocycles. The summed E-state index contributed by atoms with van der Waals surface area (Å²) in [6, 6.07) is 0.163. The monoisotopic (exact) mass is 296 g/mol. The number of ether oxygens (including phenoxy) is 1. The predicted octanol–water partition coefficient (Wildman–Crippen LogP) is 3.53. The first-order valence-electron chi connectivity index (χ1n) is 8.07. The van der Waals surface area contributed by atoms with Crippen molar-refractivity contribution >= 4 is 6.09 Å². The summed E-state index contributed by atoms with van der Waals surface area (Å²) in [6.45, 7) is 17.6. The van der Waals surface area contributed by atoms with Crippen molar-refractivity contribution in [1.82, 2.24) is 9.80 Å². The maximum atomic E-state index is 12.5. The van der Waals surface area contributed by atoms with Crippen LogP contribution >= 0.6 is 0 Å². The van der Waals surface area contributed by atoms with Gasteiger partial charge in [0, 0.05) is 13.1 Å². The number of carbonyl (C=O) groups excluding carboxylic acids is 1. The molecular weight excluding hydrogens is 264 g/mol. The van der Waals surface area contributed by atoms with E-state index in [4.69, 9.17) is 4.74 Å². The van der Waals surface area contributed by atoms with Gasteiger partial charge in [-0.05, 0) is 52.6 Å². The van der Waals surface area contributed by atoms with E-state index in [1.165, 1.54) is 12.8 Å². The highest BCUT2D eigenvalue weighted by atomic mass is 16.6. The molecule has 0 aromatic carbocycles. The molecular formula is C17H32N2O2. The molecule has 1 aliphatic rings. The van der Waals surface area contributed by atoms with Crippen molar-refractivity contribution in [3.05, 3.63) is 12.7 Å². The van der Waals surface area contributed by atoms with Crippen molar-refractivity contribution in [1.29, 1.82) is 0 Å². The lowest BCUT2D eigenvalue weighted by atomic mass is 10.0. The first-order valence-corrected chi connectivity index (χ1v) is 8.07. The number of carbonyl (C=O) groups is 1. The highest BCUT2D eigenvalue weighted by molar-refractivity contribution is 5.68. The summed E-state index contributed by atoms with van der Waals surface area (Å²) in [5.41, 5.74) is -0.467. The van der Waals surface area contributed by atoms with Gasteiger partial charge >= 0.3 is 6.09 Å². The lowest BCUT2D eigenvalue weighted by Crippen LogP contribution is -2.50. The third kappa shape index (κ3) is 6.08. The second-order valence-corrected chi connectivity index (χ2v) is 7.24. The van der Waals surface area contributed by atoms with E-state index in [2.05, 4.69) is 25.3 Å². The van der Waals surface area contributed by atoms with Gasteiger partial charge in [0.15, 0.2) is 0 Å². The first kappa shape index (κ1) is 18.0. The normalized spacial score (nSPS) is 17.8. The van der Waals surface area contributed by atoms with E-state index in [1.807, 2.05) is 25.7 Å². The summed E-state index contributed by atoms with van der Waals surface area (Å²) in [7, 11) is 0. The molecule has 0 radical (unpaired) electrons. The molecule has 1 heterocycles. The average molecular weight is 296 g/mol. The standard InChI is InChI=1S/C17H32N2O2/c1-7-10-19(16(20)21-17(4,5)6)15(14(2)3)13-18-11-8-9-12-18/h7,14-15H,1,8-13H2,2-6H3. The van der Waals surface area contributed by atoms with Crippen LogP contribution in [0.5, 0.6) is 0 Å². The van der Waals surface area contributed by atoms with Crippen molar-refractivity contribution in [3.8, 4) is 0 Å². The van der Waals surface area contributed by atoms with Gasteiger partial charge in [0.1, 0.15) is 5.60 Å². The average Bonchev–Trinajstić information content (AvgIpc) is 2.83. The Bertz CT molecular complexity index is 341. The molecule has 1 fully saturated rings. The quantitative estimate of drug-likeness (QED) is 0.703. The number of likely N-dealkylation sites (tertiary alicyclic amines) is 1. The Morgan fingerprint density at radius 3 is 2.33 bits per heavy atom. The first-order chi connectivity index (χ1) is 9.74. The van der Waals surface area contributed by atoms with Gasteiger partial charge in [-0.1, -0.05) is 19.9 Å². The molecule has 1 saturated heterocycles. The molecule has 0 aromatic heterocycles. The fourth-order valence-electron chi connectivity index (χ4n) is 2.70. The third-order valence-corrected chi connectivity index (χ3v) is 3.77. The second kappa shape index (κ2) is 7.83. The summed E-state index contributed by atoms with van der Waals surface area (Å²) >= 11 is 0. The van der Waals surface area contributed by atoms with Gasteiger partial charge in [0.2, 0.25) is 0 Å². The molecule has 0 aromatic rings. The van der Waals surface area contributed by atoms with E-state index >= 15 is 0 Å². The molecule has 0 spiro atoms. The number of amides is 1. The molecule has 122 valence electrons. The van der Waals surface area contributed by atoms with E-state index in [-0.39, 0.29) is 12.1 Å². The summed E-state index contributed by atoms with van der Waals surface area (Å²) in [5.74, 6) is 0.387. The molecule has 0 N–H and O–H groups in total. The lowest BCUT2D eigenvalue weighted by Gasteiger charge is -2.37. The molecule has 0 aliphatic carbocycles. The summed E-state index contributed by atoms with van der Waals surface area (Å²) in [4.78, 5) is 16.8. The summed E-state index contributed by atoms with van der Waals surface area (Å²) in [5, 5.41) is 0. The summed E-state index contributed by atoms with van der Waals surface area (Å²) < 4.78 is 5.57. The Kier molecular flexibility index (Phi) is 6.72. The van der Waals surface area contributed by atoms with Crippen LogP contribution in [-0.2, 0) is 4.74 Å². The lowest BCUT2D eigenvalue weighted by molar-refractivity contribution is 0.0102. The highest BCUT2D eigenvalue weighted by Gasteiger charge is 2.31. The fourth-order valence-corrected chi connectivity index (χ4v) is 2.70. The Morgan fingerprint density at radius 2 is 1.90 bits per heavy atom. The molecule has 0 bridgehead atoms. The Labute approximate surface area is 130 Å². The highest BCUT2D eigenvalue weighted by Crippen LogP contribution is 2.19. The molecule has 4 nitrogen and oxygen atoms in total. The van der Waals surface area contributed by atoms with Crippen molar-refractivity contribution in [2.75, 3.05) is 26.2 Å². The fraction of sp³-hybridized carbons (Fsp3) is 0.824. The molecule has 1 atom stereocenters. The van der Waals surface area contributed by atoms with Crippen molar-refractivity contribution < 1.29 is 9.53 Å². The molecule has 21 heavy (non-hydrogen) atoms. The molecule has 1 rings (SSSR count). The van der Waals surface area contributed by atoms with E-state index in [0.29, 0.717) is 12.5 Å². The largest absolute Gasteiger partial charge is 0.444 e. The van der Waals surface area contributed by atoms with Gasteiger partial charge in [-0.25, -0.2) is 4.79 Å². The zero-order chi connectivity index (χ0) is 16.0. The van der Waals surface area contributed by atoms with Gasteiger partial charge in [0.05, 0.1) is 6.04 Å². The van der Waals surface area contributed by atoms with Crippen LogP contribution in [0.3, 0.4) is 0 Å². The zero-order valence-corrected chi connectivity index (χ0v) is 14.4. The number of nitrogens with zero attached hydrogens (tertiary/aromatic N) is 2.